The van der Waals surface area contributed by atoms with E-state index in [2.05, 4.69) is 4.74 Å². The Morgan fingerprint density at radius 2 is 1.27 bits per heavy atom. The van der Waals surface area contributed by atoms with E-state index >= 15 is 0 Å². The predicted octanol–water partition coefficient (Wildman–Crippen LogP) is 3.55. The number of hydrogen-bond donors (Lipinski definition) is 0. The molecule has 22 heavy (non-hydrogen) atoms. The number of carbonyl (C=O) groups excluding carboxylic acids is 1. The molecule has 0 fully saturated rings. The van der Waals surface area contributed by atoms with Gasteiger partial charge >= 0.3 is 18.5 Å². The monoisotopic (exact) mass is 345 g/mol. The quantitative estimate of drug-likeness (QED) is 0.445. The molecule has 3 nitrogen and oxygen atoms in total. The fourth-order valence-electron chi connectivity index (χ4n) is 0.841. The van der Waals surface area contributed by atoms with Gasteiger partial charge in [0, 0.05) is 14.1 Å². The molecule has 12 heteroatoms. The van der Waals surface area contributed by atoms with Crippen LogP contribution < -0.4 is 0 Å². The van der Waals surface area contributed by atoms with Crippen LogP contribution >= 0.6 is 0 Å². The Balaban J connectivity index is 5.68. The lowest BCUT2D eigenvalue weighted by molar-refractivity contribution is -0.176. The highest BCUT2D eigenvalue weighted by atomic mass is 19.4. The molecule has 0 saturated heterocycles. The first-order valence-electron chi connectivity index (χ1n) is 5.08. The van der Waals surface area contributed by atoms with E-state index < -0.39 is 42.0 Å². The number of carbonyl (C=O) groups is 1. The molecule has 0 saturated carbocycles. The van der Waals surface area contributed by atoms with Gasteiger partial charge in [-0.1, -0.05) is 0 Å². The second kappa shape index (κ2) is 6.48. The van der Waals surface area contributed by atoms with Crippen molar-refractivity contribution in [3.8, 4) is 0 Å². The van der Waals surface area contributed by atoms with E-state index in [1.807, 2.05) is 0 Å². The molecule has 0 bridgehead atoms. The molecule has 0 heterocycles. The SMILES string of the molecule is CN(C)C(=O)C=C(OC=C(C(F)(F)F)C(F)(F)F)C(F)(F)F. The van der Waals surface area contributed by atoms with Crippen LogP contribution in [-0.2, 0) is 9.53 Å². The number of likely N-dealkylation sites (N-methyl/N-ethyl adjacent to an activating group) is 1. The van der Waals surface area contributed by atoms with Crippen molar-refractivity contribution in [2.75, 3.05) is 14.1 Å². The summed E-state index contributed by atoms with van der Waals surface area (Å²) in [6.45, 7) is 0. The Bertz CT molecular complexity index is 452. The average molecular weight is 345 g/mol. The number of hydrogen-bond acceptors (Lipinski definition) is 2. The first-order valence-corrected chi connectivity index (χ1v) is 5.08. The van der Waals surface area contributed by atoms with Crippen LogP contribution in [0.25, 0.3) is 0 Å². The van der Waals surface area contributed by atoms with Gasteiger partial charge in [-0.25, -0.2) is 0 Å². The first kappa shape index (κ1) is 20.1. The summed E-state index contributed by atoms with van der Waals surface area (Å²) in [5.74, 6) is -3.67. The van der Waals surface area contributed by atoms with Gasteiger partial charge in [-0.3, -0.25) is 4.79 Å². The zero-order valence-electron chi connectivity index (χ0n) is 10.8. The highest BCUT2D eigenvalue weighted by molar-refractivity contribution is 5.87. The number of rotatable bonds is 3. The Morgan fingerprint density at radius 1 is 0.864 bits per heavy atom. The van der Waals surface area contributed by atoms with Crippen LogP contribution in [0.1, 0.15) is 0 Å². The molecule has 0 radical (unpaired) electrons. The lowest BCUT2D eigenvalue weighted by Crippen LogP contribution is -2.27. The average Bonchev–Trinajstić information content (AvgIpc) is 2.21. The van der Waals surface area contributed by atoms with Crippen LogP contribution in [0.4, 0.5) is 39.5 Å². The van der Waals surface area contributed by atoms with Gasteiger partial charge in [0.2, 0.25) is 11.7 Å². The summed E-state index contributed by atoms with van der Waals surface area (Å²) >= 11 is 0. The van der Waals surface area contributed by atoms with Crippen LogP contribution in [-0.4, -0.2) is 43.4 Å². The number of alkyl halides is 9. The van der Waals surface area contributed by atoms with Gasteiger partial charge in [0.15, 0.2) is 5.57 Å². The molecule has 1 amide bonds. The van der Waals surface area contributed by atoms with Gasteiger partial charge < -0.3 is 9.64 Å². The van der Waals surface area contributed by atoms with Crippen molar-refractivity contribution in [2.24, 2.45) is 0 Å². The van der Waals surface area contributed by atoms with Crippen molar-refractivity contribution in [1.82, 2.24) is 4.90 Å². The summed E-state index contributed by atoms with van der Waals surface area (Å²) < 4.78 is 113. The fourth-order valence-corrected chi connectivity index (χ4v) is 0.841. The minimum Gasteiger partial charge on any atom is -0.459 e. The van der Waals surface area contributed by atoms with Crippen LogP contribution in [0.3, 0.4) is 0 Å². The highest BCUT2D eigenvalue weighted by Gasteiger charge is 2.52. The Kier molecular flexibility index (Phi) is 5.93. The number of halogens is 9. The van der Waals surface area contributed by atoms with E-state index in [0.717, 1.165) is 14.1 Å². The molecular formula is C10H8F9NO2. The Morgan fingerprint density at radius 3 is 1.55 bits per heavy atom. The van der Waals surface area contributed by atoms with Crippen molar-refractivity contribution >= 4 is 5.91 Å². The normalized spacial score (nSPS) is 13.7. The van der Waals surface area contributed by atoms with Crippen molar-refractivity contribution < 1.29 is 49.0 Å². The highest BCUT2D eigenvalue weighted by Crippen LogP contribution is 2.39. The van der Waals surface area contributed by atoms with Crippen molar-refractivity contribution in [2.45, 2.75) is 18.5 Å². The third kappa shape index (κ3) is 6.26. The lowest BCUT2D eigenvalue weighted by atomic mass is 10.3. The molecule has 0 atom stereocenters. The van der Waals surface area contributed by atoms with Crippen molar-refractivity contribution in [1.29, 1.82) is 0 Å². The topological polar surface area (TPSA) is 29.5 Å². The minimum atomic E-state index is -5.99. The molecule has 0 unspecified atom stereocenters. The van der Waals surface area contributed by atoms with Gasteiger partial charge in [-0.2, -0.15) is 39.5 Å². The molecule has 0 aliphatic rings. The number of ether oxygens (including phenoxy) is 1. The van der Waals surface area contributed by atoms with Gasteiger partial charge in [-0.05, 0) is 0 Å². The summed E-state index contributed by atoms with van der Waals surface area (Å²) in [6.07, 6.45) is -18.9. The summed E-state index contributed by atoms with van der Waals surface area (Å²) in [6, 6.07) is 0. The van der Waals surface area contributed by atoms with E-state index in [1.54, 1.807) is 0 Å². The van der Waals surface area contributed by atoms with Gasteiger partial charge in [-0.15, -0.1) is 0 Å². The first-order chi connectivity index (χ1) is 9.56. The molecule has 0 aromatic carbocycles. The van der Waals surface area contributed by atoms with Crippen LogP contribution in [0.2, 0.25) is 0 Å². The zero-order valence-corrected chi connectivity index (χ0v) is 10.8. The zero-order chi connectivity index (χ0) is 17.9. The van der Waals surface area contributed by atoms with Crippen molar-refractivity contribution in [3.63, 3.8) is 0 Å². The minimum absolute atomic E-state index is 0.277. The Labute approximate surface area is 117 Å². The summed E-state index contributed by atoms with van der Waals surface area (Å²) in [4.78, 5) is 11.6. The molecule has 128 valence electrons. The number of allylic oxidation sites excluding steroid dienone is 2. The van der Waals surface area contributed by atoms with Crippen molar-refractivity contribution in [3.05, 3.63) is 23.7 Å². The maximum absolute atomic E-state index is 12.4. The molecule has 0 N–H and O–H groups in total. The number of amides is 1. The molecular weight excluding hydrogens is 337 g/mol. The Hall–Kier alpha value is -1.88. The van der Waals surface area contributed by atoms with Crippen LogP contribution in [0.15, 0.2) is 23.7 Å². The third-order valence-corrected chi connectivity index (χ3v) is 1.89. The second-order valence-electron chi connectivity index (χ2n) is 3.88. The smallest absolute Gasteiger partial charge is 0.449 e. The predicted molar refractivity (Wildman–Crippen MR) is 54.1 cm³/mol. The van der Waals surface area contributed by atoms with E-state index in [9.17, 15) is 44.3 Å². The van der Waals surface area contributed by atoms with E-state index in [4.69, 9.17) is 0 Å². The largest absolute Gasteiger partial charge is 0.459 e. The maximum atomic E-state index is 12.4. The summed E-state index contributed by atoms with van der Waals surface area (Å²) in [5.41, 5.74) is -3.28. The van der Waals surface area contributed by atoms with Gasteiger partial charge in [0.1, 0.15) is 6.26 Å². The van der Waals surface area contributed by atoms with Crippen LogP contribution in [0.5, 0.6) is 0 Å². The second-order valence-corrected chi connectivity index (χ2v) is 3.88. The molecule has 0 spiro atoms. The fraction of sp³-hybridized carbons (Fsp3) is 0.500. The number of nitrogens with zero attached hydrogens (tertiary/aromatic N) is 1. The standard InChI is InChI=1S/C10H8F9NO2/c1-20(2)7(21)3-6(10(17,18)19)22-4-5(8(11,12)13)9(14,15)16/h3-4H,1-2H3. The van der Waals surface area contributed by atoms with Crippen LogP contribution in [0, 0.1) is 0 Å². The van der Waals surface area contributed by atoms with Gasteiger partial charge in [0.25, 0.3) is 0 Å². The molecule has 0 aromatic heterocycles. The summed E-state index contributed by atoms with van der Waals surface area (Å²) in [5, 5.41) is 0. The van der Waals surface area contributed by atoms with E-state index in [0.29, 0.717) is 4.90 Å². The maximum Gasteiger partial charge on any atom is 0.449 e. The summed E-state index contributed by atoms with van der Waals surface area (Å²) in [7, 11) is 2.03. The molecule has 0 aliphatic carbocycles. The third-order valence-electron chi connectivity index (χ3n) is 1.89. The van der Waals surface area contributed by atoms with E-state index in [-0.39, 0.29) is 6.08 Å². The van der Waals surface area contributed by atoms with Gasteiger partial charge in [0.05, 0.1) is 6.08 Å². The lowest BCUT2D eigenvalue weighted by Gasteiger charge is -2.16. The molecule has 0 aromatic rings. The van der Waals surface area contributed by atoms with E-state index in [1.165, 1.54) is 0 Å². The molecule has 0 rings (SSSR count). The molecule has 0 aliphatic heterocycles.